The first-order valence-corrected chi connectivity index (χ1v) is 7.12. The van der Waals surface area contributed by atoms with Gasteiger partial charge in [0.2, 0.25) is 0 Å². The SMILES string of the molecule is Cc1ccc(C2=CCCCCCCCC2)cc1. The van der Waals surface area contributed by atoms with Crippen LogP contribution in [0.4, 0.5) is 0 Å². The monoisotopic (exact) mass is 228 g/mol. The molecule has 0 spiro atoms. The summed E-state index contributed by atoms with van der Waals surface area (Å²) in [5.74, 6) is 0. The van der Waals surface area contributed by atoms with Gasteiger partial charge in [-0.15, -0.1) is 0 Å². The first-order chi connectivity index (χ1) is 8.36. The normalized spacial score (nSPS) is 18.5. The summed E-state index contributed by atoms with van der Waals surface area (Å²) in [6, 6.07) is 9.03. The van der Waals surface area contributed by atoms with Gasteiger partial charge in [0, 0.05) is 0 Å². The van der Waals surface area contributed by atoms with Crippen LogP contribution in [0.15, 0.2) is 30.3 Å². The van der Waals surface area contributed by atoms with Gasteiger partial charge in [0.1, 0.15) is 0 Å². The fourth-order valence-corrected chi connectivity index (χ4v) is 2.58. The fraction of sp³-hybridized carbons (Fsp3) is 0.529. The number of rotatable bonds is 1. The van der Waals surface area contributed by atoms with Crippen molar-refractivity contribution in [3.63, 3.8) is 0 Å². The Morgan fingerprint density at radius 2 is 1.41 bits per heavy atom. The molecule has 0 amide bonds. The van der Waals surface area contributed by atoms with Crippen molar-refractivity contribution in [2.45, 2.75) is 58.3 Å². The lowest BCUT2D eigenvalue weighted by molar-refractivity contribution is 0.595. The van der Waals surface area contributed by atoms with E-state index in [0.29, 0.717) is 0 Å². The fourth-order valence-electron chi connectivity index (χ4n) is 2.58. The van der Waals surface area contributed by atoms with Crippen LogP contribution in [0.5, 0.6) is 0 Å². The molecule has 0 N–H and O–H groups in total. The molecule has 1 aliphatic rings. The lowest BCUT2D eigenvalue weighted by atomic mass is 9.95. The van der Waals surface area contributed by atoms with Gasteiger partial charge in [-0.1, -0.05) is 61.6 Å². The van der Waals surface area contributed by atoms with Crippen LogP contribution in [0.2, 0.25) is 0 Å². The molecule has 1 aromatic carbocycles. The Bertz CT molecular complexity index is 356. The first kappa shape index (κ1) is 12.4. The molecule has 17 heavy (non-hydrogen) atoms. The minimum atomic E-state index is 1.27. The second kappa shape index (κ2) is 6.64. The van der Waals surface area contributed by atoms with Crippen LogP contribution in [0.25, 0.3) is 5.57 Å². The molecular weight excluding hydrogens is 204 g/mol. The molecule has 0 fully saturated rings. The summed E-state index contributed by atoms with van der Waals surface area (Å²) in [4.78, 5) is 0. The van der Waals surface area contributed by atoms with E-state index in [9.17, 15) is 0 Å². The molecule has 1 aliphatic carbocycles. The number of benzene rings is 1. The van der Waals surface area contributed by atoms with Crippen LogP contribution < -0.4 is 0 Å². The molecule has 0 saturated carbocycles. The molecule has 92 valence electrons. The number of aryl methyl sites for hydroxylation is 1. The average molecular weight is 228 g/mol. The Labute approximate surface area is 106 Å². The van der Waals surface area contributed by atoms with Crippen LogP contribution in [0.1, 0.15) is 62.5 Å². The lowest BCUT2D eigenvalue weighted by Crippen LogP contribution is -1.90. The van der Waals surface area contributed by atoms with Crippen molar-refractivity contribution in [3.8, 4) is 0 Å². The highest BCUT2D eigenvalue weighted by Gasteiger charge is 2.03. The number of allylic oxidation sites excluding steroid dienone is 2. The second-order valence-electron chi connectivity index (χ2n) is 5.26. The zero-order valence-electron chi connectivity index (χ0n) is 11.0. The predicted octanol–water partition coefficient (Wildman–Crippen LogP) is 5.51. The van der Waals surface area contributed by atoms with Crippen LogP contribution in [-0.2, 0) is 0 Å². The predicted molar refractivity (Wildman–Crippen MR) is 76.1 cm³/mol. The highest BCUT2D eigenvalue weighted by atomic mass is 14.1. The van der Waals surface area contributed by atoms with Gasteiger partial charge in [0.25, 0.3) is 0 Å². The van der Waals surface area contributed by atoms with E-state index in [2.05, 4.69) is 37.3 Å². The van der Waals surface area contributed by atoms with E-state index in [1.54, 1.807) is 5.57 Å². The Morgan fingerprint density at radius 3 is 2.18 bits per heavy atom. The van der Waals surface area contributed by atoms with Crippen molar-refractivity contribution in [2.75, 3.05) is 0 Å². The largest absolute Gasteiger partial charge is 0.0807 e. The maximum atomic E-state index is 2.48. The smallest absolute Gasteiger partial charge is 0.0228 e. The van der Waals surface area contributed by atoms with E-state index >= 15 is 0 Å². The van der Waals surface area contributed by atoms with Crippen LogP contribution >= 0.6 is 0 Å². The van der Waals surface area contributed by atoms with Gasteiger partial charge in [-0.3, -0.25) is 0 Å². The quantitative estimate of drug-likeness (QED) is 0.594. The number of hydrogen-bond acceptors (Lipinski definition) is 0. The molecule has 0 heteroatoms. The van der Waals surface area contributed by atoms with E-state index in [0.717, 1.165) is 0 Å². The topological polar surface area (TPSA) is 0 Å². The molecule has 0 atom stereocenters. The Balaban J connectivity index is 2.09. The molecule has 0 bridgehead atoms. The van der Waals surface area contributed by atoms with Crippen molar-refractivity contribution >= 4 is 5.57 Å². The van der Waals surface area contributed by atoms with Crippen LogP contribution in [-0.4, -0.2) is 0 Å². The molecule has 0 aromatic heterocycles. The van der Waals surface area contributed by atoms with E-state index in [4.69, 9.17) is 0 Å². The zero-order valence-corrected chi connectivity index (χ0v) is 11.0. The summed E-state index contributed by atoms with van der Waals surface area (Å²) in [5, 5.41) is 0. The highest BCUT2D eigenvalue weighted by molar-refractivity contribution is 5.65. The maximum Gasteiger partial charge on any atom is -0.0228 e. The minimum absolute atomic E-state index is 1.27. The summed E-state index contributed by atoms with van der Waals surface area (Å²) in [6.45, 7) is 2.16. The lowest BCUT2D eigenvalue weighted by Gasteiger charge is -2.11. The summed E-state index contributed by atoms with van der Waals surface area (Å²) in [5.41, 5.74) is 4.37. The van der Waals surface area contributed by atoms with E-state index < -0.39 is 0 Å². The third-order valence-corrected chi connectivity index (χ3v) is 3.71. The number of hydrogen-bond donors (Lipinski definition) is 0. The van der Waals surface area contributed by atoms with E-state index in [1.165, 1.54) is 62.5 Å². The first-order valence-electron chi connectivity index (χ1n) is 7.12. The summed E-state index contributed by atoms with van der Waals surface area (Å²) < 4.78 is 0. The van der Waals surface area contributed by atoms with Crippen molar-refractivity contribution < 1.29 is 0 Å². The maximum absolute atomic E-state index is 2.48. The van der Waals surface area contributed by atoms with Gasteiger partial charge >= 0.3 is 0 Å². The second-order valence-corrected chi connectivity index (χ2v) is 5.26. The van der Waals surface area contributed by atoms with Crippen molar-refractivity contribution in [2.24, 2.45) is 0 Å². The third-order valence-electron chi connectivity index (χ3n) is 3.71. The van der Waals surface area contributed by atoms with Gasteiger partial charge in [-0.05, 0) is 43.7 Å². The molecular formula is C17H24. The zero-order chi connectivity index (χ0) is 11.9. The van der Waals surface area contributed by atoms with Gasteiger partial charge in [0.15, 0.2) is 0 Å². The molecule has 2 rings (SSSR count). The molecule has 0 unspecified atom stereocenters. The van der Waals surface area contributed by atoms with E-state index in [-0.39, 0.29) is 0 Å². The average Bonchev–Trinajstić information content (AvgIpc) is 2.37. The summed E-state index contributed by atoms with van der Waals surface area (Å²) in [6.07, 6.45) is 13.4. The van der Waals surface area contributed by atoms with Crippen molar-refractivity contribution in [1.82, 2.24) is 0 Å². The minimum Gasteiger partial charge on any atom is -0.0807 e. The summed E-state index contributed by atoms with van der Waals surface area (Å²) >= 11 is 0. The van der Waals surface area contributed by atoms with Gasteiger partial charge in [0.05, 0.1) is 0 Å². The molecule has 0 heterocycles. The summed E-state index contributed by atoms with van der Waals surface area (Å²) in [7, 11) is 0. The van der Waals surface area contributed by atoms with E-state index in [1.807, 2.05) is 0 Å². The molecule has 0 radical (unpaired) electrons. The molecule has 0 saturated heterocycles. The highest BCUT2D eigenvalue weighted by Crippen LogP contribution is 2.24. The molecule has 1 aromatic rings. The van der Waals surface area contributed by atoms with Crippen LogP contribution in [0.3, 0.4) is 0 Å². The molecule has 0 aliphatic heterocycles. The van der Waals surface area contributed by atoms with Crippen molar-refractivity contribution in [3.05, 3.63) is 41.5 Å². The Kier molecular flexibility index (Phi) is 4.85. The molecule has 0 nitrogen and oxygen atoms in total. The standard InChI is InChI=1S/C17H24/c1-15-11-13-17(14-12-15)16-9-7-5-3-2-4-6-8-10-16/h9,11-14H,2-8,10H2,1H3. The third kappa shape index (κ3) is 4.03. The van der Waals surface area contributed by atoms with Gasteiger partial charge in [-0.2, -0.15) is 0 Å². The van der Waals surface area contributed by atoms with Crippen molar-refractivity contribution in [1.29, 1.82) is 0 Å². The van der Waals surface area contributed by atoms with Gasteiger partial charge in [-0.25, -0.2) is 0 Å². The van der Waals surface area contributed by atoms with Crippen LogP contribution in [0, 0.1) is 6.92 Å². The Morgan fingerprint density at radius 1 is 0.765 bits per heavy atom. The Hall–Kier alpha value is -1.04. The van der Waals surface area contributed by atoms with Gasteiger partial charge < -0.3 is 0 Å².